The van der Waals surface area contributed by atoms with E-state index in [1.54, 1.807) is 0 Å². The number of fused-ring (bicyclic) bond motifs is 1. The number of nitrogens with zero attached hydrogens (tertiary/aromatic N) is 1. The molecule has 1 amide bonds. The molecule has 0 fully saturated rings. The monoisotopic (exact) mass is 274 g/mol. The van der Waals surface area contributed by atoms with Crippen LogP contribution in [0.15, 0.2) is 36.5 Å². The van der Waals surface area contributed by atoms with Crippen LogP contribution in [0.4, 0.5) is 0 Å². The Morgan fingerprint density at radius 3 is 2.90 bits per heavy atom. The second-order valence-electron chi connectivity index (χ2n) is 5.13. The maximum absolute atomic E-state index is 11.5. The molecule has 1 aromatic heterocycles. The van der Waals surface area contributed by atoms with E-state index >= 15 is 0 Å². The first-order valence-electron chi connectivity index (χ1n) is 7.09. The lowest BCUT2D eigenvalue weighted by atomic mass is 10.2. The highest BCUT2D eigenvalue weighted by Gasteiger charge is 2.03. The zero-order valence-corrected chi connectivity index (χ0v) is 12.1. The first-order chi connectivity index (χ1) is 9.66. The first-order valence-corrected chi connectivity index (χ1v) is 7.09. The molecule has 2 rings (SSSR count). The second-order valence-corrected chi connectivity index (χ2v) is 5.13. The quantitative estimate of drug-likeness (QED) is 0.789. The molecule has 108 valence electrons. The summed E-state index contributed by atoms with van der Waals surface area (Å²) in [5.41, 5.74) is 1.24. The number of hydrogen-bond donors (Lipinski definition) is 1. The number of benzene rings is 1. The first kappa shape index (κ1) is 14.6. The van der Waals surface area contributed by atoms with Crippen LogP contribution in [0.3, 0.4) is 0 Å². The molecule has 0 aliphatic heterocycles. The van der Waals surface area contributed by atoms with Crippen molar-refractivity contribution in [2.24, 2.45) is 0 Å². The molecule has 0 radical (unpaired) electrons. The van der Waals surface area contributed by atoms with Gasteiger partial charge in [-0.25, -0.2) is 0 Å². The normalized spacial score (nSPS) is 11.2. The van der Waals surface area contributed by atoms with E-state index in [2.05, 4.69) is 34.3 Å². The Kier molecular flexibility index (Phi) is 5.18. The Morgan fingerprint density at radius 1 is 1.30 bits per heavy atom. The molecule has 0 bridgehead atoms. The number of aromatic nitrogens is 1. The summed E-state index contributed by atoms with van der Waals surface area (Å²) in [6.45, 7) is 5.56. The van der Waals surface area contributed by atoms with Crippen LogP contribution in [-0.2, 0) is 16.1 Å². The number of para-hydroxylation sites is 1. The summed E-state index contributed by atoms with van der Waals surface area (Å²) >= 11 is 0. The molecule has 0 aliphatic rings. The van der Waals surface area contributed by atoms with Crippen LogP contribution in [0.5, 0.6) is 0 Å². The van der Waals surface area contributed by atoms with Gasteiger partial charge in [-0.3, -0.25) is 4.79 Å². The van der Waals surface area contributed by atoms with Crippen LogP contribution in [0.25, 0.3) is 10.9 Å². The van der Waals surface area contributed by atoms with Crippen molar-refractivity contribution in [3.63, 3.8) is 0 Å². The fourth-order valence-corrected chi connectivity index (χ4v) is 2.11. The SMILES string of the molecule is CC(C)OCC(=O)NCCCn1ccc2ccccc21. The maximum Gasteiger partial charge on any atom is 0.246 e. The van der Waals surface area contributed by atoms with Crippen molar-refractivity contribution in [2.45, 2.75) is 32.9 Å². The van der Waals surface area contributed by atoms with Crippen molar-refractivity contribution >= 4 is 16.8 Å². The van der Waals surface area contributed by atoms with Crippen LogP contribution in [0.2, 0.25) is 0 Å². The minimum atomic E-state index is -0.0453. The Balaban J connectivity index is 1.72. The van der Waals surface area contributed by atoms with E-state index in [-0.39, 0.29) is 18.6 Å². The Labute approximate surface area is 119 Å². The lowest BCUT2D eigenvalue weighted by Gasteiger charge is -2.09. The molecule has 0 spiro atoms. The van der Waals surface area contributed by atoms with Crippen LogP contribution in [-0.4, -0.2) is 29.7 Å². The molecule has 0 atom stereocenters. The Hall–Kier alpha value is -1.81. The van der Waals surface area contributed by atoms with Crippen LogP contribution in [0.1, 0.15) is 20.3 Å². The number of hydrogen-bond acceptors (Lipinski definition) is 2. The molecule has 0 saturated heterocycles. The van der Waals surface area contributed by atoms with E-state index in [4.69, 9.17) is 4.74 Å². The van der Waals surface area contributed by atoms with E-state index in [9.17, 15) is 4.79 Å². The topological polar surface area (TPSA) is 43.3 Å². The minimum Gasteiger partial charge on any atom is -0.369 e. The molecule has 0 saturated carbocycles. The highest BCUT2D eigenvalue weighted by Crippen LogP contribution is 2.15. The summed E-state index contributed by atoms with van der Waals surface area (Å²) in [6.07, 6.45) is 3.09. The highest BCUT2D eigenvalue weighted by atomic mass is 16.5. The largest absolute Gasteiger partial charge is 0.369 e. The number of ether oxygens (including phenoxy) is 1. The molecule has 20 heavy (non-hydrogen) atoms. The van der Waals surface area contributed by atoms with Gasteiger partial charge in [-0.15, -0.1) is 0 Å². The van der Waals surface area contributed by atoms with Crippen molar-refractivity contribution < 1.29 is 9.53 Å². The van der Waals surface area contributed by atoms with Gasteiger partial charge in [0.25, 0.3) is 0 Å². The summed E-state index contributed by atoms with van der Waals surface area (Å²) < 4.78 is 7.46. The van der Waals surface area contributed by atoms with E-state index in [0.29, 0.717) is 6.54 Å². The second kappa shape index (κ2) is 7.10. The fourth-order valence-electron chi connectivity index (χ4n) is 2.11. The van der Waals surface area contributed by atoms with Crippen molar-refractivity contribution in [3.05, 3.63) is 36.5 Å². The molecule has 1 aromatic carbocycles. The zero-order valence-electron chi connectivity index (χ0n) is 12.1. The van der Waals surface area contributed by atoms with Crippen molar-refractivity contribution in [1.29, 1.82) is 0 Å². The predicted octanol–water partition coefficient (Wildman–Crippen LogP) is 2.57. The number of carbonyl (C=O) groups excluding carboxylic acids is 1. The maximum atomic E-state index is 11.5. The number of amides is 1. The molecule has 1 N–H and O–H groups in total. The predicted molar refractivity (Wildman–Crippen MR) is 80.7 cm³/mol. The van der Waals surface area contributed by atoms with Gasteiger partial charge in [-0.1, -0.05) is 18.2 Å². The smallest absolute Gasteiger partial charge is 0.246 e. The van der Waals surface area contributed by atoms with Crippen LogP contribution < -0.4 is 5.32 Å². The highest BCUT2D eigenvalue weighted by molar-refractivity contribution is 5.79. The third kappa shape index (κ3) is 4.10. The van der Waals surface area contributed by atoms with E-state index < -0.39 is 0 Å². The molecule has 0 unspecified atom stereocenters. The minimum absolute atomic E-state index is 0.0453. The number of nitrogens with one attached hydrogen (secondary N) is 1. The van der Waals surface area contributed by atoms with Crippen LogP contribution >= 0.6 is 0 Å². The number of aryl methyl sites for hydroxylation is 1. The van der Waals surface area contributed by atoms with Crippen molar-refractivity contribution in [2.75, 3.05) is 13.2 Å². The Bertz CT molecular complexity index is 560. The summed E-state index contributed by atoms with van der Waals surface area (Å²) in [5.74, 6) is -0.0453. The van der Waals surface area contributed by atoms with Gasteiger partial charge < -0.3 is 14.6 Å². The lowest BCUT2D eigenvalue weighted by Crippen LogP contribution is -2.30. The third-order valence-electron chi connectivity index (χ3n) is 3.13. The van der Waals surface area contributed by atoms with Gasteiger partial charge in [0.2, 0.25) is 5.91 Å². The Morgan fingerprint density at radius 2 is 2.10 bits per heavy atom. The van der Waals surface area contributed by atoms with Gasteiger partial charge >= 0.3 is 0 Å². The molecule has 0 aliphatic carbocycles. The number of rotatable bonds is 7. The summed E-state index contributed by atoms with van der Waals surface area (Å²) in [5, 5.41) is 4.12. The molecule has 4 nitrogen and oxygen atoms in total. The molecule has 4 heteroatoms. The third-order valence-corrected chi connectivity index (χ3v) is 3.13. The van der Waals surface area contributed by atoms with Crippen molar-refractivity contribution in [1.82, 2.24) is 9.88 Å². The van der Waals surface area contributed by atoms with Gasteiger partial charge in [0, 0.05) is 24.8 Å². The standard InChI is InChI=1S/C16H22N2O2/c1-13(2)20-12-16(19)17-9-5-10-18-11-8-14-6-3-4-7-15(14)18/h3-4,6-8,11,13H,5,9-10,12H2,1-2H3,(H,17,19). The molecule has 1 heterocycles. The molecule has 2 aromatic rings. The fraction of sp³-hybridized carbons (Fsp3) is 0.438. The summed E-state index contributed by atoms with van der Waals surface area (Å²) in [6, 6.07) is 10.4. The van der Waals surface area contributed by atoms with Gasteiger partial charge in [0.05, 0.1) is 6.10 Å². The van der Waals surface area contributed by atoms with E-state index in [1.807, 2.05) is 26.0 Å². The van der Waals surface area contributed by atoms with E-state index in [1.165, 1.54) is 10.9 Å². The van der Waals surface area contributed by atoms with Gasteiger partial charge in [0.15, 0.2) is 0 Å². The van der Waals surface area contributed by atoms with Crippen molar-refractivity contribution in [3.8, 4) is 0 Å². The van der Waals surface area contributed by atoms with Gasteiger partial charge in [0.1, 0.15) is 6.61 Å². The molecular formula is C16H22N2O2. The number of carbonyl (C=O) groups is 1. The summed E-state index contributed by atoms with van der Waals surface area (Å²) in [7, 11) is 0. The average molecular weight is 274 g/mol. The van der Waals surface area contributed by atoms with Crippen LogP contribution in [0, 0.1) is 0 Å². The van der Waals surface area contributed by atoms with E-state index in [0.717, 1.165) is 13.0 Å². The van der Waals surface area contributed by atoms with Gasteiger partial charge in [-0.2, -0.15) is 0 Å². The lowest BCUT2D eigenvalue weighted by molar-refractivity contribution is -0.127. The molecular weight excluding hydrogens is 252 g/mol. The summed E-state index contributed by atoms with van der Waals surface area (Å²) in [4.78, 5) is 11.5. The van der Waals surface area contributed by atoms with Gasteiger partial charge in [-0.05, 0) is 37.8 Å². The zero-order chi connectivity index (χ0) is 14.4. The average Bonchev–Trinajstić information content (AvgIpc) is 2.85.